The third-order valence-electron chi connectivity index (χ3n) is 2.57. The summed E-state index contributed by atoms with van der Waals surface area (Å²) < 4.78 is 1.43. The van der Waals surface area contributed by atoms with E-state index in [1.807, 2.05) is 11.3 Å². The van der Waals surface area contributed by atoms with Gasteiger partial charge >= 0.3 is 0 Å². The van der Waals surface area contributed by atoms with Crippen molar-refractivity contribution >= 4 is 27.5 Å². The van der Waals surface area contributed by atoms with E-state index in [-0.39, 0.29) is 0 Å². The van der Waals surface area contributed by atoms with Gasteiger partial charge in [0, 0.05) is 9.58 Å². The highest BCUT2D eigenvalue weighted by Gasteiger charge is 2.12. The van der Waals surface area contributed by atoms with Crippen LogP contribution in [0.15, 0.2) is 24.3 Å². The molecule has 0 saturated heterocycles. The number of hydrogen-bond donors (Lipinski definition) is 0. The van der Waals surface area contributed by atoms with Crippen molar-refractivity contribution in [2.45, 2.75) is 13.3 Å². The first-order valence-corrected chi connectivity index (χ1v) is 5.35. The van der Waals surface area contributed by atoms with Crippen molar-refractivity contribution in [1.29, 1.82) is 0 Å². The first-order valence-electron chi connectivity index (χ1n) is 4.53. The van der Waals surface area contributed by atoms with Crippen LogP contribution in [0.4, 0.5) is 0 Å². The van der Waals surface area contributed by atoms with Gasteiger partial charge in [-0.3, -0.25) is 0 Å². The molecule has 0 N–H and O–H groups in total. The van der Waals surface area contributed by atoms with Crippen LogP contribution in [0.1, 0.15) is 16.0 Å². The van der Waals surface area contributed by atoms with Crippen LogP contribution in [-0.4, -0.2) is 0 Å². The minimum atomic E-state index is 1.12. The Hall–Kier alpha value is -1.08. The Kier molecular flexibility index (Phi) is 1.39. The van der Waals surface area contributed by atoms with E-state index in [4.69, 9.17) is 0 Å². The number of thiophene rings is 1. The Labute approximate surface area is 81.5 Å². The molecule has 1 aliphatic carbocycles. The Bertz CT molecular complexity index is 503. The lowest BCUT2D eigenvalue weighted by atomic mass is 10.1. The van der Waals surface area contributed by atoms with E-state index in [1.54, 1.807) is 0 Å². The maximum Gasteiger partial charge on any atom is 0.0352 e. The number of benzene rings is 1. The highest BCUT2D eigenvalue weighted by molar-refractivity contribution is 7.20. The van der Waals surface area contributed by atoms with Gasteiger partial charge in [0.1, 0.15) is 0 Å². The summed E-state index contributed by atoms with van der Waals surface area (Å²) in [7, 11) is 0. The standard InChI is InChI=1S/C12H10S/c1-8-5-6-12-10(7-8)9-3-2-4-11(9)13-12/h2,4-7H,3H2,1H3. The lowest BCUT2D eigenvalue weighted by molar-refractivity contribution is 1.36. The largest absolute Gasteiger partial charge is 0.136 e. The summed E-state index contributed by atoms with van der Waals surface area (Å²) in [5.74, 6) is 0. The molecule has 13 heavy (non-hydrogen) atoms. The smallest absolute Gasteiger partial charge is 0.0352 e. The number of hydrogen-bond acceptors (Lipinski definition) is 1. The zero-order valence-electron chi connectivity index (χ0n) is 7.50. The van der Waals surface area contributed by atoms with Crippen molar-refractivity contribution < 1.29 is 0 Å². The SMILES string of the molecule is Cc1ccc2sc3c(c2c1)CC=C3. The van der Waals surface area contributed by atoms with E-state index in [0.29, 0.717) is 0 Å². The van der Waals surface area contributed by atoms with E-state index >= 15 is 0 Å². The zero-order chi connectivity index (χ0) is 8.84. The first-order chi connectivity index (χ1) is 6.34. The van der Waals surface area contributed by atoms with Crippen molar-refractivity contribution in [1.82, 2.24) is 0 Å². The summed E-state index contributed by atoms with van der Waals surface area (Å²) in [4.78, 5) is 1.46. The van der Waals surface area contributed by atoms with Crippen LogP contribution in [0.25, 0.3) is 16.2 Å². The predicted molar refractivity (Wildman–Crippen MR) is 59.3 cm³/mol. The van der Waals surface area contributed by atoms with E-state index in [1.165, 1.54) is 26.1 Å². The molecule has 1 aromatic carbocycles. The number of aryl methyl sites for hydroxylation is 1. The van der Waals surface area contributed by atoms with E-state index < -0.39 is 0 Å². The summed E-state index contributed by atoms with van der Waals surface area (Å²) in [6.45, 7) is 2.16. The molecule has 64 valence electrons. The molecule has 0 radical (unpaired) electrons. The second kappa shape index (κ2) is 2.46. The monoisotopic (exact) mass is 186 g/mol. The summed E-state index contributed by atoms with van der Waals surface area (Å²) in [6.07, 6.45) is 5.62. The summed E-state index contributed by atoms with van der Waals surface area (Å²) in [6, 6.07) is 6.73. The predicted octanol–water partition coefficient (Wildman–Crippen LogP) is 3.78. The molecular weight excluding hydrogens is 176 g/mol. The van der Waals surface area contributed by atoms with Gasteiger partial charge in [0.25, 0.3) is 0 Å². The fraction of sp³-hybridized carbons (Fsp3) is 0.167. The Balaban J connectivity index is 2.44. The molecule has 0 aliphatic heterocycles. The van der Waals surface area contributed by atoms with Gasteiger partial charge in [0.05, 0.1) is 0 Å². The van der Waals surface area contributed by atoms with E-state index in [2.05, 4.69) is 37.3 Å². The van der Waals surface area contributed by atoms with Crippen LogP contribution in [-0.2, 0) is 6.42 Å². The minimum Gasteiger partial charge on any atom is -0.136 e. The topological polar surface area (TPSA) is 0 Å². The van der Waals surface area contributed by atoms with Gasteiger partial charge in [-0.05, 0) is 36.4 Å². The molecule has 0 bridgehead atoms. The molecule has 1 aromatic heterocycles. The van der Waals surface area contributed by atoms with Crippen molar-refractivity contribution in [2.24, 2.45) is 0 Å². The Morgan fingerprint density at radius 1 is 1.31 bits per heavy atom. The molecular formula is C12H10S. The van der Waals surface area contributed by atoms with Gasteiger partial charge in [0.15, 0.2) is 0 Å². The maximum absolute atomic E-state index is 2.30. The minimum absolute atomic E-state index is 1.12. The molecule has 0 atom stereocenters. The van der Waals surface area contributed by atoms with Gasteiger partial charge in [-0.15, -0.1) is 11.3 Å². The van der Waals surface area contributed by atoms with Crippen LogP contribution >= 0.6 is 11.3 Å². The molecule has 0 unspecified atom stereocenters. The van der Waals surface area contributed by atoms with Crippen LogP contribution in [0.5, 0.6) is 0 Å². The lowest BCUT2D eigenvalue weighted by Gasteiger charge is -1.94. The molecule has 0 saturated carbocycles. The van der Waals surface area contributed by atoms with Crippen molar-refractivity contribution in [3.63, 3.8) is 0 Å². The molecule has 1 heterocycles. The van der Waals surface area contributed by atoms with Gasteiger partial charge in [0.2, 0.25) is 0 Å². The van der Waals surface area contributed by atoms with E-state index in [9.17, 15) is 0 Å². The van der Waals surface area contributed by atoms with Crippen LogP contribution in [0, 0.1) is 6.92 Å². The third-order valence-corrected chi connectivity index (χ3v) is 3.75. The molecule has 0 amide bonds. The summed E-state index contributed by atoms with van der Waals surface area (Å²) in [5.41, 5.74) is 2.89. The lowest BCUT2D eigenvalue weighted by Crippen LogP contribution is -1.76. The van der Waals surface area contributed by atoms with Crippen LogP contribution in [0.2, 0.25) is 0 Å². The van der Waals surface area contributed by atoms with Gasteiger partial charge in [-0.2, -0.15) is 0 Å². The molecule has 0 fully saturated rings. The normalized spacial score (nSPS) is 13.9. The Morgan fingerprint density at radius 2 is 2.23 bits per heavy atom. The fourth-order valence-electron chi connectivity index (χ4n) is 1.91. The van der Waals surface area contributed by atoms with Gasteiger partial charge in [-0.25, -0.2) is 0 Å². The molecule has 3 rings (SSSR count). The summed E-state index contributed by atoms with van der Waals surface area (Å²) >= 11 is 1.91. The molecule has 1 aliphatic rings. The second-order valence-corrected chi connectivity index (χ2v) is 4.63. The van der Waals surface area contributed by atoms with Gasteiger partial charge < -0.3 is 0 Å². The molecule has 0 spiro atoms. The molecule has 1 heteroatoms. The highest BCUT2D eigenvalue weighted by Crippen LogP contribution is 2.36. The van der Waals surface area contributed by atoms with Crippen molar-refractivity contribution in [3.05, 3.63) is 40.3 Å². The quantitative estimate of drug-likeness (QED) is 0.587. The van der Waals surface area contributed by atoms with Gasteiger partial charge in [-0.1, -0.05) is 23.8 Å². The number of rotatable bonds is 0. The number of allylic oxidation sites excluding steroid dienone is 1. The first kappa shape index (κ1) is 7.34. The van der Waals surface area contributed by atoms with Crippen molar-refractivity contribution in [3.8, 4) is 0 Å². The zero-order valence-corrected chi connectivity index (χ0v) is 8.32. The third kappa shape index (κ3) is 0.971. The number of fused-ring (bicyclic) bond motifs is 3. The summed E-state index contributed by atoms with van der Waals surface area (Å²) in [5, 5.41) is 1.46. The van der Waals surface area contributed by atoms with Crippen LogP contribution in [0.3, 0.4) is 0 Å². The van der Waals surface area contributed by atoms with E-state index in [0.717, 1.165) is 6.42 Å². The fourth-order valence-corrected chi connectivity index (χ4v) is 3.06. The second-order valence-electron chi connectivity index (χ2n) is 3.55. The average molecular weight is 186 g/mol. The maximum atomic E-state index is 2.30. The molecule has 0 nitrogen and oxygen atoms in total. The van der Waals surface area contributed by atoms with Crippen LogP contribution < -0.4 is 0 Å². The Morgan fingerprint density at radius 3 is 3.15 bits per heavy atom. The average Bonchev–Trinajstić information content (AvgIpc) is 2.64. The molecule has 2 aromatic rings. The highest BCUT2D eigenvalue weighted by atomic mass is 32.1. The van der Waals surface area contributed by atoms with Crippen molar-refractivity contribution in [2.75, 3.05) is 0 Å².